The molecule has 0 radical (unpaired) electrons. The lowest BCUT2D eigenvalue weighted by Crippen LogP contribution is -2.32. The third kappa shape index (κ3) is 1.79. The molecule has 13 heavy (non-hydrogen) atoms. The maximum Gasteiger partial charge on any atom is 0.488 e. The third-order valence-corrected chi connectivity index (χ3v) is 2.28. The van der Waals surface area contributed by atoms with E-state index >= 15 is 0 Å². The molecular formula is C9H11BO3. The van der Waals surface area contributed by atoms with Gasteiger partial charge >= 0.3 is 7.12 Å². The van der Waals surface area contributed by atoms with Crippen molar-refractivity contribution in [2.45, 2.75) is 13.8 Å². The predicted molar refractivity (Wildman–Crippen MR) is 51.1 cm³/mol. The standard InChI is InChI=1S/C9H11BO3/c1-6-7(2)9(10(12)13)4-3-8(6)5-11/h3-5,12-13H,1-2H3. The summed E-state index contributed by atoms with van der Waals surface area (Å²) in [7, 11) is -1.47. The van der Waals surface area contributed by atoms with Crippen molar-refractivity contribution >= 4 is 18.9 Å². The lowest BCUT2D eigenvalue weighted by Gasteiger charge is -2.09. The topological polar surface area (TPSA) is 57.5 Å². The Morgan fingerprint density at radius 2 is 1.85 bits per heavy atom. The Morgan fingerprint density at radius 3 is 2.31 bits per heavy atom. The predicted octanol–water partition coefficient (Wildman–Crippen LogP) is -0.204. The van der Waals surface area contributed by atoms with Crippen molar-refractivity contribution in [2.24, 2.45) is 0 Å². The first-order valence-corrected chi connectivity index (χ1v) is 3.99. The average molecular weight is 178 g/mol. The summed E-state index contributed by atoms with van der Waals surface area (Å²) in [6, 6.07) is 3.14. The van der Waals surface area contributed by atoms with Crippen LogP contribution in [0.4, 0.5) is 0 Å². The molecule has 2 N–H and O–H groups in total. The van der Waals surface area contributed by atoms with Gasteiger partial charge in [-0.15, -0.1) is 0 Å². The van der Waals surface area contributed by atoms with Crippen LogP contribution in [0.3, 0.4) is 0 Å². The van der Waals surface area contributed by atoms with Crippen LogP contribution in [0.5, 0.6) is 0 Å². The highest BCUT2D eigenvalue weighted by Gasteiger charge is 2.15. The lowest BCUT2D eigenvalue weighted by atomic mass is 9.75. The van der Waals surface area contributed by atoms with E-state index in [0.29, 0.717) is 11.0 Å². The Balaban J connectivity index is 3.31. The van der Waals surface area contributed by atoms with Crippen LogP contribution in [0, 0.1) is 13.8 Å². The molecule has 0 atom stereocenters. The van der Waals surface area contributed by atoms with E-state index in [-0.39, 0.29) is 0 Å². The average Bonchev–Trinajstić information content (AvgIpc) is 2.09. The van der Waals surface area contributed by atoms with Gasteiger partial charge in [-0.05, 0) is 30.4 Å². The van der Waals surface area contributed by atoms with E-state index in [1.165, 1.54) is 0 Å². The van der Waals surface area contributed by atoms with Gasteiger partial charge in [0.1, 0.15) is 6.29 Å². The molecule has 0 saturated heterocycles. The van der Waals surface area contributed by atoms with Gasteiger partial charge in [-0.2, -0.15) is 0 Å². The second kappa shape index (κ2) is 3.72. The number of hydrogen-bond donors (Lipinski definition) is 2. The molecule has 0 bridgehead atoms. The summed E-state index contributed by atoms with van der Waals surface area (Å²) in [6.45, 7) is 3.54. The zero-order chi connectivity index (χ0) is 10.0. The van der Waals surface area contributed by atoms with Crippen molar-refractivity contribution in [1.82, 2.24) is 0 Å². The Bertz CT molecular complexity index is 334. The van der Waals surface area contributed by atoms with Crippen molar-refractivity contribution in [3.8, 4) is 0 Å². The molecule has 0 aliphatic heterocycles. The second-order valence-corrected chi connectivity index (χ2v) is 2.99. The molecule has 0 heterocycles. The van der Waals surface area contributed by atoms with Gasteiger partial charge in [0.25, 0.3) is 0 Å². The maximum atomic E-state index is 10.5. The van der Waals surface area contributed by atoms with Gasteiger partial charge in [0.05, 0.1) is 0 Å². The van der Waals surface area contributed by atoms with E-state index in [1.54, 1.807) is 26.0 Å². The minimum Gasteiger partial charge on any atom is -0.423 e. The van der Waals surface area contributed by atoms with E-state index < -0.39 is 7.12 Å². The number of benzene rings is 1. The molecule has 68 valence electrons. The van der Waals surface area contributed by atoms with Gasteiger partial charge in [0, 0.05) is 5.56 Å². The van der Waals surface area contributed by atoms with Crippen LogP contribution >= 0.6 is 0 Å². The molecule has 1 aromatic carbocycles. The van der Waals surface area contributed by atoms with Gasteiger partial charge in [-0.1, -0.05) is 12.1 Å². The highest BCUT2D eigenvalue weighted by atomic mass is 16.4. The summed E-state index contributed by atoms with van der Waals surface area (Å²) in [6.07, 6.45) is 0.760. The van der Waals surface area contributed by atoms with Crippen molar-refractivity contribution in [2.75, 3.05) is 0 Å². The molecule has 0 aromatic heterocycles. The zero-order valence-electron chi connectivity index (χ0n) is 7.61. The number of carbonyl (C=O) groups excluding carboxylic acids is 1. The minimum atomic E-state index is -1.47. The Kier molecular flexibility index (Phi) is 2.85. The maximum absolute atomic E-state index is 10.5. The summed E-state index contributed by atoms with van der Waals surface area (Å²) in [5, 5.41) is 17.9. The van der Waals surface area contributed by atoms with Crippen LogP contribution < -0.4 is 5.46 Å². The van der Waals surface area contributed by atoms with Crippen molar-refractivity contribution in [3.63, 3.8) is 0 Å². The summed E-state index contributed by atoms with van der Waals surface area (Å²) in [5.74, 6) is 0. The summed E-state index contributed by atoms with van der Waals surface area (Å²) in [4.78, 5) is 10.5. The molecular weight excluding hydrogens is 167 g/mol. The van der Waals surface area contributed by atoms with Crippen LogP contribution in [0.15, 0.2) is 12.1 Å². The zero-order valence-corrected chi connectivity index (χ0v) is 7.61. The van der Waals surface area contributed by atoms with Crippen LogP contribution in [0.2, 0.25) is 0 Å². The molecule has 1 rings (SSSR count). The first-order chi connectivity index (χ1) is 6.07. The monoisotopic (exact) mass is 178 g/mol. The van der Waals surface area contributed by atoms with E-state index in [0.717, 1.165) is 17.4 Å². The molecule has 1 aromatic rings. The first kappa shape index (κ1) is 9.96. The molecule has 0 saturated carbocycles. The quantitative estimate of drug-likeness (QED) is 0.486. The smallest absolute Gasteiger partial charge is 0.423 e. The molecule has 0 aliphatic rings. The van der Waals surface area contributed by atoms with Crippen molar-refractivity contribution in [3.05, 3.63) is 28.8 Å². The second-order valence-electron chi connectivity index (χ2n) is 2.99. The van der Waals surface area contributed by atoms with Crippen LogP contribution in [-0.4, -0.2) is 23.5 Å². The fourth-order valence-corrected chi connectivity index (χ4v) is 1.27. The summed E-state index contributed by atoms with van der Waals surface area (Å²) in [5.41, 5.74) is 2.57. The Morgan fingerprint density at radius 1 is 1.23 bits per heavy atom. The van der Waals surface area contributed by atoms with Gasteiger partial charge < -0.3 is 10.0 Å². The number of aldehydes is 1. The number of hydrogen-bond acceptors (Lipinski definition) is 3. The Hall–Kier alpha value is -1.13. The summed E-state index contributed by atoms with van der Waals surface area (Å²) >= 11 is 0. The minimum absolute atomic E-state index is 0.447. The summed E-state index contributed by atoms with van der Waals surface area (Å²) < 4.78 is 0. The molecule has 0 aliphatic carbocycles. The molecule has 3 nitrogen and oxygen atoms in total. The van der Waals surface area contributed by atoms with Crippen molar-refractivity contribution in [1.29, 1.82) is 0 Å². The van der Waals surface area contributed by atoms with Crippen LogP contribution in [-0.2, 0) is 0 Å². The van der Waals surface area contributed by atoms with E-state index in [4.69, 9.17) is 10.0 Å². The van der Waals surface area contributed by atoms with E-state index in [2.05, 4.69) is 0 Å². The first-order valence-electron chi connectivity index (χ1n) is 3.99. The van der Waals surface area contributed by atoms with Gasteiger partial charge in [-0.3, -0.25) is 4.79 Å². The van der Waals surface area contributed by atoms with Gasteiger partial charge in [0.2, 0.25) is 0 Å². The molecule has 4 heteroatoms. The molecule has 0 fully saturated rings. The van der Waals surface area contributed by atoms with E-state index in [9.17, 15) is 4.79 Å². The number of carbonyl (C=O) groups is 1. The van der Waals surface area contributed by atoms with Crippen molar-refractivity contribution < 1.29 is 14.8 Å². The van der Waals surface area contributed by atoms with Crippen LogP contribution in [0.25, 0.3) is 0 Å². The Labute approximate surface area is 77.2 Å². The highest BCUT2D eigenvalue weighted by Crippen LogP contribution is 2.08. The highest BCUT2D eigenvalue weighted by molar-refractivity contribution is 6.59. The SMILES string of the molecule is Cc1c(C=O)ccc(B(O)O)c1C. The number of rotatable bonds is 2. The van der Waals surface area contributed by atoms with Gasteiger partial charge in [-0.25, -0.2) is 0 Å². The fourth-order valence-electron chi connectivity index (χ4n) is 1.27. The lowest BCUT2D eigenvalue weighted by molar-refractivity contribution is 0.112. The largest absolute Gasteiger partial charge is 0.488 e. The van der Waals surface area contributed by atoms with E-state index in [1.807, 2.05) is 0 Å². The third-order valence-electron chi connectivity index (χ3n) is 2.28. The van der Waals surface area contributed by atoms with Gasteiger partial charge in [0.15, 0.2) is 0 Å². The molecule has 0 amide bonds. The van der Waals surface area contributed by atoms with Crippen LogP contribution in [0.1, 0.15) is 21.5 Å². The molecule has 0 spiro atoms. The molecule has 0 unspecified atom stereocenters. The fraction of sp³-hybridized carbons (Fsp3) is 0.222. The normalized spacial score (nSPS) is 9.85.